The number of rotatable bonds is 7. The van der Waals surface area contributed by atoms with Gasteiger partial charge in [0.15, 0.2) is 12.2 Å². The molecule has 0 bridgehead atoms. The minimum atomic E-state index is -2.27. The Kier molecular flexibility index (Phi) is 9.65. The number of halogens is 3. The van der Waals surface area contributed by atoms with E-state index in [1.54, 1.807) is 54.6 Å². The number of nitrogens with one attached hydrogen (secondary N) is 1. The van der Waals surface area contributed by atoms with E-state index < -0.39 is 52.2 Å². The molecule has 3 aromatic carbocycles. The van der Waals surface area contributed by atoms with Crippen molar-refractivity contribution in [1.82, 2.24) is 0 Å². The zero-order valence-corrected chi connectivity index (χ0v) is 22.8. The highest BCUT2D eigenvalue weighted by Crippen LogP contribution is 2.32. The lowest BCUT2D eigenvalue weighted by Crippen LogP contribution is -2.59. The first-order valence-electron chi connectivity index (χ1n) is 11.9. The SMILES string of the molecule is N=C(OC1OCC(OC(=O)c2ccccc2)[C@@H](OC(=O)c2ccccc2)C1OC(=O)c1ccccc1)C(Cl)(Cl)Cl. The van der Waals surface area contributed by atoms with Gasteiger partial charge in [-0.15, -0.1) is 0 Å². The van der Waals surface area contributed by atoms with Crippen molar-refractivity contribution < 1.29 is 38.1 Å². The average molecular weight is 607 g/mol. The summed E-state index contributed by atoms with van der Waals surface area (Å²) in [6.45, 7) is -0.373. The molecule has 3 aromatic rings. The van der Waals surface area contributed by atoms with Crippen LogP contribution < -0.4 is 0 Å². The first-order valence-corrected chi connectivity index (χ1v) is 13.0. The lowest BCUT2D eigenvalue weighted by Gasteiger charge is -2.40. The second kappa shape index (κ2) is 13.1. The lowest BCUT2D eigenvalue weighted by molar-refractivity contribution is -0.245. The first kappa shape index (κ1) is 29.4. The van der Waals surface area contributed by atoms with Gasteiger partial charge in [0.2, 0.25) is 18.3 Å². The third-order valence-electron chi connectivity index (χ3n) is 5.65. The van der Waals surface area contributed by atoms with Crippen molar-refractivity contribution in [3.8, 4) is 0 Å². The van der Waals surface area contributed by atoms with Gasteiger partial charge in [0, 0.05) is 0 Å². The van der Waals surface area contributed by atoms with E-state index in [4.69, 9.17) is 63.9 Å². The summed E-state index contributed by atoms with van der Waals surface area (Å²) in [4.78, 5) is 39.1. The molecule has 4 rings (SSSR count). The zero-order valence-electron chi connectivity index (χ0n) is 20.6. The standard InChI is InChI=1S/C28H22Cl3NO8/c29-28(30,31)27(32)40-26-22(39-25(35)19-14-8-3-9-15-19)21(38-24(34)18-12-6-2-7-13-18)20(16-36-26)37-23(33)17-10-4-1-5-11-17/h1-15,20-22,26,32H,16H2/t20?,21-,22?,26?/m1/s1. The van der Waals surface area contributed by atoms with Crippen LogP contribution in [0.25, 0.3) is 0 Å². The quantitative estimate of drug-likeness (QED) is 0.125. The molecule has 1 aliphatic rings. The highest BCUT2D eigenvalue weighted by molar-refractivity contribution is 6.76. The van der Waals surface area contributed by atoms with Gasteiger partial charge in [-0.05, 0) is 36.4 Å². The van der Waals surface area contributed by atoms with Crippen molar-refractivity contribution in [3.63, 3.8) is 0 Å². The van der Waals surface area contributed by atoms with E-state index in [9.17, 15) is 14.4 Å². The van der Waals surface area contributed by atoms with Gasteiger partial charge in [0.25, 0.3) is 3.79 Å². The van der Waals surface area contributed by atoms with Gasteiger partial charge in [-0.25, -0.2) is 14.4 Å². The van der Waals surface area contributed by atoms with Gasteiger partial charge < -0.3 is 23.7 Å². The first-order chi connectivity index (χ1) is 19.1. The Morgan fingerprint density at radius 2 is 1.05 bits per heavy atom. The number of hydrogen-bond acceptors (Lipinski definition) is 9. The molecule has 0 aliphatic carbocycles. The van der Waals surface area contributed by atoms with E-state index in [-0.39, 0.29) is 23.3 Å². The predicted octanol–water partition coefficient (Wildman–Crippen LogP) is 5.38. The van der Waals surface area contributed by atoms with E-state index in [1.165, 1.54) is 36.4 Å². The summed E-state index contributed by atoms with van der Waals surface area (Å²) in [6, 6.07) is 24.1. The highest BCUT2D eigenvalue weighted by atomic mass is 35.6. The molecule has 1 aliphatic heterocycles. The predicted molar refractivity (Wildman–Crippen MR) is 146 cm³/mol. The van der Waals surface area contributed by atoms with Gasteiger partial charge in [-0.3, -0.25) is 5.41 Å². The normalized spacial score (nSPS) is 20.6. The van der Waals surface area contributed by atoms with Crippen LogP contribution in [0.15, 0.2) is 91.0 Å². The van der Waals surface area contributed by atoms with Crippen LogP contribution in [0.4, 0.5) is 0 Å². The Hall–Kier alpha value is -3.63. The minimum absolute atomic E-state index is 0.161. The molecule has 1 fully saturated rings. The minimum Gasteiger partial charge on any atom is -0.452 e. The van der Waals surface area contributed by atoms with Gasteiger partial charge in [0.05, 0.1) is 23.3 Å². The molecule has 0 amide bonds. The molecule has 1 heterocycles. The summed E-state index contributed by atoms with van der Waals surface area (Å²) in [7, 11) is 0. The fourth-order valence-electron chi connectivity index (χ4n) is 3.71. The van der Waals surface area contributed by atoms with Crippen LogP contribution in [0, 0.1) is 5.41 Å². The number of carbonyl (C=O) groups is 3. The third kappa shape index (κ3) is 7.51. The zero-order chi connectivity index (χ0) is 28.7. The Labute approximate surface area is 244 Å². The summed E-state index contributed by atoms with van der Waals surface area (Å²) in [5.74, 6) is -3.21. The van der Waals surface area contributed by atoms with Crippen molar-refractivity contribution in [1.29, 1.82) is 5.41 Å². The van der Waals surface area contributed by atoms with Crippen LogP contribution in [-0.4, -0.2) is 58.8 Å². The molecule has 12 heteroatoms. The monoisotopic (exact) mass is 605 g/mol. The maximum absolute atomic E-state index is 13.1. The fourth-order valence-corrected chi connectivity index (χ4v) is 3.84. The highest BCUT2D eigenvalue weighted by Gasteiger charge is 2.50. The second-order valence-corrected chi connectivity index (χ2v) is 10.7. The number of hydrogen-bond donors (Lipinski definition) is 1. The van der Waals surface area contributed by atoms with Crippen LogP contribution in [0.1, 0.15) is 31.1 Å². The Balaban J connectivity index is 1.68. The third-order valence-corrected chi connectivity index (χ3v) is 6.16. The fraction of sp³-hybridized carbons (Fsp3) is 0.214. The molecule has 1 N–H and O–H groups in total. The topological polar surface area (TPSA) is 121 Å². The molecule has 1 saturated heterocycles. The molecule has 0 aromatic heterocycles. The largest absolute Gasteiger partial charge is 0.452 e. The Bertz CT molecular complexity index is 1340. The van der Waals surface area contributed by atoms with Crippen molar-refractivity contribution in [2.45, 2.75) is 28.4 Å². The molecule has 4 atom stereocenters. The van der Waals surface area contributed by atoms with E-state index >= 15 is 0 Å². The van der Waals surface area contributed by atoms with Crippen molar-refractivity contribution >= 4 is 58.6 Å². The van der Waals surface area contributed by atoms with Crippen LogP contribution in [-0.2, 0) is 23.7 Å². The number of esters is 3. The summed E-state index contributed by atoms with van der Waals surface area (Å²) in [5.41, 5.74) is 0.570. The van der Waals surface area contributed by atoms with Gasteiger partial charge >= 0.3 is 17.9 Å². The number of carbonyl (C=O) groups excluding carboxylic acids is 3. The number of ether oxygens (including phenoxy) is 5. The van der Waals surface area contributed by atoms with Crippen molar-refractivity contribution in [2.75, 3.05) is 6.61 Å². The molecule has 208 valence electrons. The second-order valence-electron chi connectivity index (χ2n) is 8.43. The Morgan fingerprint density at radius 1 is 0.650 bits per heavy atom. The molecule has 40 heavy (non-hydrogen) atoms. The lowest BCUT2D eigenvalue weighted by atomic mass is 10.0. The van der Waals surface area contributed by atoms with Gasteiger partial charge in [-0.2, -0.15) is 0 Å². The van der Waals surface area contributed by atoms with Crippen molar-refractivity contribution in [3.05, 3.63) is 108 Å². The van der Waals surface area contributed by atoms with E-state index in [0.717, 1.165) is 0 Å². The summed E-state index contributed by atoms with van der Waals surface area (Å²) in [5, 5.41) is 8.00. The van der Waals surface area contributed by atoms with E-state index in [0.29, 0.717) is 0 Å². The maximum atomic E-state index is 13.1. The molecule has 0 spiro atoms. The molecule has 9 nitrogen and oxygen atoms in total. The van der Waals surface area contributed by atoms with Crippen molar-refractivity contribution in [2.24, 2.45) is 0 Å². The number of benzene rings is 3. The van der Waals surface area contributed by atoms with Gasteiger partial charge in [-0.1, -0.05) is 89.4 Å². The van der Waals surface area contributed by atoms with Gasteiger partial charge in [0.1, 0.15) is 0 Å². The van der Waals surface area contributed by atoms with Crippen LogP contribution in [0.5, 0.6) is 0 Å². The smallest absolute Gasteiger partial charge is 0.338 e. The van der Waals surface area contributed by atoms with E-state index in [1.807, 2.05) is 0 Å². The number of alkyl halides is 3. The van der Waals surface area contributed by atoms with Crippen LogP contribution in [0.2, 0.25) is 0 Å². The Morgan fingerprint density at radius 3 is 1.48 bits per heavy atom. The summed E-state index contributed by atoms with van der Waals surface area (Å²) < 4.78 is 25.9. The molecular formula is C28H22Cl3NO8. The van der Waals surface area contributed by atoms with Crippen LogP contribution >= 0.6 is 34.8 Å². The van der Waals surface area contributed by atoms with E-state index in [2.05, 4.69) is 0 Å². The summed E-state index contributed by atoms with van der Waals surface area (Å²) in [6.07, 6.45) is -5.84. The summed E-state index contributed by atoms with van der Waals surface area (Å²) >= 11 is 17.3. The molecule has 3 unspecified atom stereocenters. The maximum Gasteiger partial charge on any atom is 0.338 e. The molecule has 0 radical (unpaired) electrons. The molecule has 0 saturated carbocycles. The van der Waals surface area contributed by atoms with Crippen LogP contribution in [0.3, 0.4) is 0 Å². The molecular weight excluding hydrogens is 585 g/mol. The average Bonchev–Trinajstić information content (AvgIpc) is 2.96.